The average molecular weight is 193 g/mol. The largest absolute Gasteiger partial charge is 0.344 e. The monoisotopic (exact) mass is 192 g/mol. The molecular formula is C6H6ClFN2O2. The SMILES string of the molecule is N.O=[N+]([O-])c1ccc(F)c(Cl)c1. The summed E-state index contributed by atoms with van der Waals surface area (Å²) < 4.78 is 12.4. The van der Waals surface area contributed by atoms with Crippen LogP contribution >= 0.6 is 11.6 Å². The minimum Gasteiger partial charge on any atom is -0.344 e. The first-order valence-electron chi connectivity index (χ1n) is 2.70. The van der Waals surface area contributed by atoms with Crippen LogP contribution < -0.4 is 6.15 Å². The van der Waals surface area contributed by atoms with Gasteiger partial charge in [-0.1, -0.05) is 11.6 Å². The summed E-state index contributed by atoms with van der Waals surface area (Å²) in [6.07, 6.45) is 0. The van der Waals surface area contributed by atoms with E-state index in [-0.39, 0.29) is 16.9 Å². The zero-order valence-electron chi connectivity index (χ0n) is 5.96. The maximum Gasteiger partial charge on any atom is 0.271 e. The number of halogens is 2. The van der Waals surface area contributed by atoms with Crippen molar-refractivity contribution in [1.29, 1.82) is 0 Å². The number of nitro benzene ring substituents is 1. The number of hydrogen-bond donors (Lipinski definition) is 1. The summed E-state index contributed by atoms with van der Waals surface area (Å²) in [5, 5.41) is 9.85. The molecule has 0 radical (unpaired) electrons. The molecule has 1 rings (SSSR count). The third-order valence-electron chi connectivity index (χ3n) is 1.11. The van der Waals surface area contributed by atoms with Crippen LogP contribution in [0.25, 0.3) is 0 Å². The predicted molar refractivity (Wildman–Crippen MR) is 43.1 cm³/mol. The van der Waals surface area contributed by atoms with Gasteiger partial charge in [0.15, 0.2) is 0 Å². The van der Waals surface area contributed by atoms with Gasteiger partial charge in [0.2, 0.25) is 0 Å². The lowest BCUT2D eigenvalue weighted by atomic mass is 10.3. The van der Waals surface area contributed by atoms with Crippen LogP contribution in [0.5, 0.6) is 0 Å². The van der Waals surface area contributed by atoms with E-state index in [0.29, 0.717) is 0 Å². The molecule has 0 aliphatic heterocycles. The molecule has 0 unspecified atom stereocenters. The molecule has 0 aromatic heterocycles. The van der Waals surface area contributed by atoms with Gasteiger partial charge in [0.05, 0.1) is 9.95 Å². The van der Waals surface area contributed by atoms with E-state index in [1.165, 1.54) is 0 Å². The Bertz CT molecular complexity index is 306. The Hall–Kier alpha value is -1.20. The van der Waals surface area contributed by atoms with Gasteiger partial charge in [-0.15, -0.1) is 0 Å². The Labute approximate surface area is 72.7 Å². The lowest BCUT2D eigenvalue weighted by Gasteiger charge is -1.92. The molecule has 0 saturated heterocycles. The van der Waals surface area contributed by atoms with Crippen LogP contribution in [0.15, 0.2) is 18.2 Å². The molecule has 0 aliphatic carbocycles. The molecule has 0 saturated carbocycles. The highest BCUT2D eigenvalue weighted by Gasteiger charge is 2.07. The summed E-state index contributed by atoms with van der Waals surface area (Å²) >= 11 is 5.28. The van der Waals surface area contributed by atoms with Gasteiger partial charge in [-0.25, -0.2) is 4.39 Å². The highest BCUT2D eigenvalue weighted by atomic mass is 35.5. The number of rotatable bonds is 1. The lowest BCUT2D eigenvalue weighted by Crippen LogP contribution is -1.87. The van der Waals surface area contributed by atoms with E-state index in [4.69, 9.17) is 11.6 Å². The van der Waals surface area contributed by atoms with E-state index in [1.54, 1.807) is 0 Å². The molecule has 0 amide bonds. The third kappa shape index (κ3) is 2.14. The van der Waals surface area contributed by atoms with Crippen molar-refractivity contribution in [3.63, 3.8) is 0 Å². The average Bonchev–Trinajstić information content (AvgIpc) is 1.94. The van der Waals surface area contributed by atoms with Gasteiger partial charge in [-0.2, -0.15) is 0 Å². The Kier molecular flexibility index (Phi) is 3.59. The normalized spacial score (nSPS) is 8.83. The van der Waals surface area contributed by atoms with Gasteiger partial charge in [-0.3, -0.25) is 10.1 Å². The molecule has 66 valence electrons. The molecule has 1 aromatic carbocycles. The van der Waals surface area contributed by atoms with Crippen molar-refractivity contribution in [2.45, 2.75) is 0 Å². The van der Waals surface area contributed by atoms with E-state index in [1.807, 2.05) is 0 Å². The van der Waals surface area contributed by atoms with Crippen molar-refractivity contribution in [3.05, 3.63) is 39.2 Å². The first-order valence-corrected chi connectivity index (χ1v) is 3.08. The zero-order valence-corrected chi connectivity index (χ0v) is 6.71. The second-order valence-corrected chi connectivity index (χ2v) is 2.26. The van der Waals surface area contributed by atoms with Crippen molar-refractivity contribution in [2.24, 2.45) is 0 Å². The molecule has 0 spiro atoms. The van der Waals surface area contributed by atoms with Crippen LogP contribution in [0.1, 0.15) is 0 Å². The Morgan fingerprint density at radius 2 is 2.08 bits per heavy atom. The van der Waals surface area contributed by atoms with Crippen molar-refractivity contribution >= 4 is 17.3 Å². The number of hydrogen-bond acceptors (Lipinski definition) is 3. The minimum atomic E-state index is -0.655. The highest BCUT2D eigenvalue weighted by Crippen LogP contribution is 2.20. The third-order valence-corrected chi connectivity index (χ3v) is 1.40. The number of nitrogens with zero attached hydrogens (tertiary/aromatic N) is 1. The van der Waals surface area contributed by atoms with Crippen molar-refractivity contribution in [1.82, 2.24) is 6.15 Å². The van der Waals surface area contributed by atoms with Crippen molar-refractivity contribution in [2.75, 3.05) is 0 Å². The fraction of sp³-hybridized carbons (Fsp3) is 0. The van der Waals surface area contributed by atoms with E-state index in [2.05, 4.69) is 0 Å². The molecule has 0 fully saturated rings. The molecule has 0 atom stereocenters. The Morgan fingerprint density at radius 3 is 2.50 bits per heavy atom. The molecule has 1 aromatic rings. The van der Waals surface area contributed by atoms with Gasteiger partial charge in [-0.05, 0) is 6.07 Å². The summed E-state index contributed by atoms with van der Waals surface area (Å²) in [5.74, 6) is -0.655. The second kappa shape index (κ2) is 3.99. The first-order chi connectivity index (χ1) is 5.11. The van der Waals surface area contributed by atoms with Crippen LogP contribution in [-0.4, -0.2) is 4.92 Å². The number of non-ortho nitro benzene ring substituents is 1. The number of benzene rings is 1. The Morgan fingerprint density at radius 1 is 1.50 bits per heavy atom. The summed E-state index contributed by atoms with van der Waals surface area (Å²) in [5.41, 5.74) is -0.212. The van der Waals surface area contributed by atoms with Crippen LogP contribution in [0.3, 0.4) is 0 Å². The standard InChI is InChI=1S/C6H3ClFNO2.H3N/c7-5-3-4(9(10)11)1-2-6(5)8;/h1-3H;1H3. The second-order valence-electron chi connectivity index (χ2n) is 1.86. The minimum absolute atomic E-state index is 0. The molecule has 0 bridgehead atoms. The van der Waals surface area contributed by atoms with Gasteiger partial charge >= 0.3 is 0 Å². The van der Waals surface area contributed by atoms with Crippen LogP contribution in [0.4, 0.5) is 10.1 Å². The van der Waals surface area contributed by atoms with Gasteiger partial charge in [0, 0.05) is 12.1 Å². The van der Waals surface area contributed by atoms with Gasteiger partial charge in [0.1, 0.15) is 5.82 Å². The zero-order chi connectivity index (χ0) is 8.43. The molecule has 0 aliphatic rings. The highest BCUT2D eigenvalue weighted by molar-refractivity contribution is 6.30. The fourth-order valence-electron chi connectivity index (χ4n) is 0.599. The smallest absolute Gasteiger partial charge is 0.271 e. The van der Waals surface area contributed by atoms with Crippen LogP contribution in [0, 0.1) is 15.9 Å². The van der Waals surface area contributed by atoms with Gasteiger partial charge in [0.25, 0.3) is 5.69 Å². The van der Waals surface area contributed by atoms with Crippen LogP contribution in [0.2, 0.25) is 5.02 Å². The molecule has 6 heteroatoms. The summed E-state index contributed by atoms with van der Waals surface area (Å²) in [6.45, 7) is 0. The molecule has 0 heterocycles. The maximum absolute atomic E-state index is 12.4. The predicted octanol–water partition coefficient (Wildman–Crippen LogP) is 2.55. The Balaban J connectivity index is 0.00000121. The quantitative estimate of drug-likeness (QED) is 0.549. The molecular weight excluding hydrogens is 187 g/mol. The summed E-state index contributed by atoms with van der Waals surface area (Å²) in [4.78, 5) is 9.46. The molecule has 12 heavy (non-hydrogen) atoms. The van der Waals surface area contributed by atoms with Gasteiger partial charge < -0.3 is 6.15 Å². The lowest BCUT2D eigenvalue weighted by molar-refractivity contribution is -0.384. The molecule has 3 N–H and O–H groups in total. The fourth-order valence-corrected chi connectivity index (χ4v) is 0.773. The van der Waals surface area contributed by atoms with Crippen molar-refractivity contribution in [3.8, 4) is 0 Å². The molecule has 4 nitrogen and oxygen atoms in total. The summed E-state index contributed by atoms with van der Waals surface area (Å²) in [6, 6.07) is 2.98. The van der Waals surface area contributed by atoms with E-state index < -0.39 is 10.7 Å². The summed E-state index contributed by atoms with van der Waals surface area (Å²) in [7, 11) is 0. The van der Waals surface area contributed by atoms with E-state index in [0.717, 1.165) is 18.2 Å². The van der Waals surface area contributed by atoms with Crippen molar-refractivity contribution < 1.29 is 9.31 Å². The number of nitro groups is 1. The van der Waals surface area contributed by atoms with E-state index >= 15 is 0 Å². The van der Waals surface area contributed by atoms with E-state index in [9.17, 15) is 14.5 Å². The maximum atomic E-state index is 12.4. The topological polar surface area (TPSA) is 78.1 Å². The van der Waals surface area contributed by atoms with Crippen LogP contribution in [-0.2, 0) is 0 Å². The first kappa shape index (κ1) is 10.8.